The molecule has 7 nitrogen and oxygen atoms in total. The van der Waals surface area contributed by atoms with Gasteiger partial charge in [-0.25, -0.2) is 4.39 Å². The van der Waals surface area contributed by atoms with Gasteiger partial charge in [0.25, 0.3) is 0 Å². The Bertz CT molecular complexity index is 709. The van der Waals surface area contributed by atoms with Crippen molar-refractivity contribution in [3.63, 3.8) is 0 Å². The predicted octanol–water partition coefficient (Wildman–Crippen LogP) is 2.40. The summed E-state index contributed by atoms with van der Waals surface area (Å²) in [6, 6.07) is 4.09. The minimum Gasteiger partial charge on any atom is -0.493 e. The minimum absolute atomic E-state index is 0.225. The summed E-state index contributed by atoms with van der Waals surface area (Å²) in [5.41, 5.74) is 0.554. The van der Waals surface area contributed by atoms with Gasteiger partial charge < -0.3 is 15.2 Å². The Morgan fingerprint density at radius 3 is 3.04 bits per heavy atom. The Labute approximate surface area is 148 Å². The number of nitrogens with one attached hydrogen (secondary N) is 1. The number of amidine groups is 1. The second-order valence-electron chi connectivity index (χ2n) is 5.23. The fraction of sp³-hybridized carbons (Fsp3) is 0.375. The molecule has 0 bridgehead atoms. The molecule has 1 aliphatic rings. The Morgan fingerprint density at radius 2 is 2.32 bits per heavy atom. The zero-order valence-corrected chi connectivity index (χ0v) is 14.4. The van der Waals surface area contributed by atoms with Crippen molar-refractivity contribution in [1.29, 1.82) is 0 Å². The lowest BCUT2D eigenvalue weighted by atomic mass is 10.2. The van der Waals surface area contributed by atoms with Crippen molar-refractivity contribution in [3.05, 3.63) is 29.6 Å². The lowest BCUT2D eigenvalue weighted by Crippen LogP contribution is -2.26. The smallest absolute Gasteiger partial charge is 0.305 e. The number of hydrogen-bond acceptors (Lipinski definition) is 6. The summed E-state index contributed by atoms with van der Waals surface area (Å²) in [7, 11) is 0. The van der Waals surface area contributed by atoms with Crippen molar-refractivity contribution in [2.75, 3.05) is 6.61 Å². The number of halogens is 1. The number of carbonyl (C=O) groups is 2. The number of nitrogens with zero attached hydrogens (tertiary/aromatic N) is 2. The second-order valence-corrected chi connectivity index (χ2v) is 6.42. The number of carbonyl (C=O) groups excluding carboxylic acids is 1. The van der Waals surface area contributed by atoms with Crippen molar-refractivity contribution >= 4 is 35.0 Å². The molecule has 0 aromatic heterocycles. The van der Waals surface area contributed by atoms with E-state index in [1.165, 1.54) is 24.4 Å². The first-order valence-corrected chi connectivity index (χ1v) is 8.60. The molecular formula is C16H18FN3O4S. The SMILES string of the molecule is CCCCOc1cc(F)ccc1C=NN=C1NC(=O)C(CC(=O)O)S1. The molecule has 1 unspecified atom stereocenters. The number of benzene rings is 1. The van der Waals surface area contributed by atoms with Gasteiger partial charge in [-0.3, -0.25) is 9.59 Å². The van der Waals surface area contributed by atoms with Crippen LogP contribution in [0.3, 0.4) is 0 Å². The normalized spacial score (nSPS) is 18.7. The van der Waals surface area contributed by atoms with Gasteiger partial charge in [0.1, 0.15) is 16.8 Å². The van der Waals surface area contributed by atoms with E-state index in [9.17, 15) is 14.0 Å². The van der Waals surface area contributed by atoms with Crippen LogP contribution in [0.2, 0.25) is 0 Å². The Morgan fingerprint density at radius 1 is 1.52 bits per heavy atom. The molecule has 1 aromatic rings. The van der Waals surface area contributed by atoms with Gasteiger partial charge in [0.05, 0.1) is 19.2 Å². The van der Waals surface area contributed by atoms with Crippen LogP contribution in [0.5, 0.6) is 5.75 Å². The first-order chi connectivity index (χ1) is 12.0. The molecule has 2 rings (SSSR count). The van der Waals surface area contributed by atoms with E-state index in [4.69, 9.17) is 9.84 Å². The molecule has 134 valence electrons. The standard InChI is InChI=1S/C16H18FN3O4S/c1-2-3-6-24-12-7-11(17)5-4-10(12)9-18-20-16-19-15(23)13(25-16)8-14(21)22/h4-5,7,9,13H,2-3,6,8H2,1H3,(H,21,22)(H,19,20,23). The lowest BCUT2D eigenvalue weighted by Gasteiger charge is -2.08. The van der Waals surface area contributed by atoms with E-state index in [1.807, 2.05) is 6.92 Å². The third kappa shape index (κ3) is 5.86. The maximum absolute atomic E-state index is 13.4. The van der Waals surface area contributed by atoms with Gasteiger partial charge in [0.2, 0.25) is 5.91 Å². The molecule has 0 radical (unpaired) electrons. The maximum atomic E-state index is 13.4. The minimum atomic E-state index is -1.06. The summed E-state index contributed by atoms with van der Waals surface area (Å²) in [6.07, 6.45) is 2.92. The average molecular weight is 367 g/mol. The number of amides is 1. The van der Waals surface area contributed by atoms with Crippen molar-refractivity contribution in [2.24, 2.45) is 10.2 Å². The number of hydrogen-bond donors (Lipinski definition) is 2. The molecule has 1 aromatic carbocycles. The van der Waals surface area contributed by atoms with Gasteiger partial charge in [-0.05, 0) is 18.6 Å². The predicted molar refractivity (Wildman–Crippen MR) is 93.6 cm³/mol. The number of rotatable bonds is 8. The zero-order valence-electron chi connectivity index (χ0n) is 13.6. The highest BCUT2D eigenvalue weighted by molar-refractivity contribution is 8.15. The molecular weight excluding hydrogens is 349 g/mol. The first-order valence-electron chi connectivity index (χ1n) is 7.72. The van der Waals surface area contributed by atoms with Crippen molar-refractivity contribution in [1.82, 2.24) is 5.32 Å². The molecule has 1 fully saturated rings. The van der Waals surface area contributed by atoms with Crippen LogP contribution in [0.4, 0.5) is 4.39 Å². The Kier molecular flexibility index (Phi) is 6.93. The molecule has 1 saturated heterocycles. The molecule has 1 atom stereocenters. The van der Waals surface area contributed by atoms with Crippen molar-refractivity contribution in [2.45, 2.75) is 31.4 Å². The van der Waals surface area contributed by atoms with Crippen molar-refractivity contribution < 1.29 is 23.8 Å². The van der Waals surface area contributed by atoms with Gasteiger partial charge in [-0.15, -0.1) is 5.10 Å². The van der Waals surface area contributed by atoms with Gasteiger partial charge in [0, 0.05) is 11.6 Å². The van der Waals surface area contributed by atoms with Crippen LogP contribution in [0.1, 0.15) is 31.7 Å². The topological polar surface area (TPSA) is 100 Å². The lowest BCUT2D eigenvalue weighted by molar-refractivity contribution is -0.138. The third-order valence-electron chi connectivity index (χ3n) is 3.21. The van der Waals surface area contributed by atoms with Gasteiger partial charge in [-0.1, -0.05) is 25.1 Å². The number of aliphatic carboxylic acids is 1. The maximum Gasteiger partial charge on any atom is 0.305 e. The fourth-order valence-corrected chi connectivity index (χ4v) is 2.87. The summed E-state index contributed by atoms with van der Waals surface area (Å²) in [5, 5.41) is 18.4. The van der Waals surface area contributed by atoms with Gasteiger partial charge >= 0.3 is 5.97 Å². The molecule has 0 spiro atoms. The van der Waals surface area contributed by atoms with Crippen molar-refractivity contribution in [3.8, 4) is 5.75 Å². The van der Waals surface area contributed by atoms with E-state index < -0.39 is 22.9 Å². The third-order valence-corrected chi connectivity index (χ3v) is 4.29. The van der Waals surface area contributed by atoms with E-state index in [-0.39, 0.29) is 11.6 Å². The first kappa shape index (κ1) is 18.9. The molecule has 0 saturated carbocycles. The van der Waals surface area contributed by atoms with E-state index in [0.717, 1.165) is 24.6 Å². The van der Waals surface area contributed by atoms with E-state index in [1.54, 1.807) is 0 Å². The molecule has 1 aliphatic heterocycles. The number of carboxylic acids is 1. The quantitative estimate of drug-likeness (QED) is 0.417. The average Bonchev–Trinajstić information content (AvgIpc) is 2.89. The van der Waals surface area contributed by atoms with Gasteiger partial charge in [-0.2, -0.15) is 5.10 Å². The van der Waals surface area contributed by atoms with Crippen LogP contribution in [-0.2, 0) is 9.59 Å². The highest BCUT2D eigenvalue weighted by Gasteiger charge is 2.32. The number of carboxylic acid groups (broad SMARTS) is 1. The molecule has 0 aliphatic carbocycles. The Balaban J connectivity index is 2.04. The van der Waals surface area contributed by atoms with Gasteiger partial charge in [0.15, 0.2) is 5.17 Å². The fourth-order valence-electron chi connectivity index (χ4n) is 1.95. The molecule has 25 heavy (non-hydrogen) atoms. The van der Waals surface area contributed by atoms with Crippen LogP contribution in [0.25, 0.3) is 0 Å². The number of unbranched alkanes of at least 4 members (excludes halogenated alkanes) is 1. The number of thioether (sulfide) groups is 1. The summed E-state index contributed by atoms with van der Waals surface area (Å²) < 4.78 is 18.9. The summed E-state index contributed by atoms with van der Waals surface area (Å²) in [6.45, 7) is 2.50. The summed E-state index contributed by atoms with van der Waals surface area (Å²) in [5.74, 6) is -1.52. The zero-order chi connectivity index (χ0) is 18.2. The van der Waals surface area contributed by atoms with Crippen LogP contribution >= 0.6 is 11.8 Å². The summed E-state index contributed by atoms with van der Waals surface area (Å²) in [4.78, 5) is 22.3. The highest BCUT2D eigenvalue weighted by atomic mass is 32.2. The van der Waals surface area contributed by atoms with Crippen LogP contribution < -0.4 is 10.1 Å². The monoisotopic (exact) mass is 367 g/mol. The van der Waals surface area contributed by atoms with Crippen LogP contribution in [-0.4, -0.2) is 40.2 Å². The Hall–Kier alpha value is -2.42. The van der Waals surface area contributed by atoms with Crippen LogP contribution in [0.15, 0.2) is 28.4 Å². The van der Waals surface area contributed by atoms with E-state index >= 15 is 0 Å². The van der Waals surface area contributed by atoms with E-state index in [2.05, 4.69) is 15.5 Å². The van der Waals surface area contributed by atoms with Crippen LogP contribution in [0, 0.1) is 5.82 Å². The number of ether oxygens (including phenoxy) is 1. The molecule has 9 heteroatoms. The molecule has 1 amide bonds. The largest absolute Gasteiger partial charge is 0.493 e. The van der Waals surface area contributed by atoms with E-state index in [0.29, 0.717) is 17.9 Å². The molecule has 2 N–H and O–H groups in total. The molecule has 1 heterocycles. The second kappa shape index (κ2) is 9.16. The summed E-state index contributed by atoms with van der Waals surface area (Å²) >= 11 is 1.01. The highest BCUT2D eigenvalue weighted by Crippen LogP contribution is 2.23.